The average Bonchev–Trinajstić information content (AvgIpc) is 2.51. The first kappa shape index (κ1) is 15.3. The van der Waals surface area contributed by atoms with E-state index in [-0.39, 0.29) is 11.2 Å². The highest BCUT2D eigenvalue weighted by Gasteiger charge is 2.44. The SMILES string of the molecule is CCC1(C)CNCC2(CCCC(C(C)(C)C)CC2)O1. The number of hydrogen-bond donors (Lipinski definition) is 1. The monoisotopic (exact) mass is 267 g/mol. The molecular weight excluding hydrogens is 234 g/mol. The second-order valence-corrected chi connectivity index (χ2v) is 8.19. The molecule has 1 saturated heterocycles. The Morgan fingerprint density at radius 2 is 1.89 bits per heavy atom. The standard InChI is InChI=1S/C17H33NO/c1-6-16(5)12-18-13-17(19-16)10-7-8-14(9-11-17)15(2,3)4/h14,18H,6-13H2,1-5H3. The molecule has 2 heteroatoms. The van der Waals surface area contributed by atoms with Crippen molar-refractivity contribution in [3.8, 4) is 0 Å². The number of rotatable bonds is 1. The van der Waals surface area contributed by atoms with Crippen LogP contribution in [0.15, 0.2) is 0 Å². The first-order valence-corrected chi connectivity index (χ1v) is 8.20. The Morgan fingerprint density at radius 3 is 2.53 bits per heavy atom. The molecule has 2 rings (SSSR count). The Labute approximate surface area is 119 Å². The van der Waals surface area contributed by atoms with Crippen molar-refractivity contribution in [2.24, 2.45) is 11.3 Å². The second kappa shape index (κ2) is 5.37. The number of morpholine rings is 1. The molecule has 1 N–H and O–H groups in total. The molecule has 0 amide bonds. The fourth-order valence-electron chi connectivity index (χ4n) is 3.87. The minimum atomic E-state index is 0.0415. The molecule has 3 atom stereocenters. The zero-order valence-corrected chi connectivity index (χ0v) is 13.6. The van der Waals surface area contributed by atoms with Crippen LogP contribution in [0, 0.1) is 11.3 Å². The van der Waals surface area contributed by atoms with Gasteiger partial charge in [-0.2, -0.15) is 0 Å². The van der Waals surface area contributed by atoms with Gasteiger partial charge in [0.15, 0.2) is 0 Å². The molecule has 0 aromatic rings. The number of ether oxygens (including phenoxy) is 1. The molecule has 1 aliphatic carbocycles. The molecule has 2 nitrogen and oxygen atoms in total. The lowest BCUT2D eigenvalue weighted by molar-refractivity contribution is -0.177. The maximum atomic E-state index is 6.63. The van der Waals surface area contributed by atoms with Crippen LogP contribution in [0.5, 0.6) is 0 Å². The predicted octanol–water partition coefficient (Wildman–Crippen LogP) is 4.14. The minimum Gasteiger partial charge on any atom is -0.366 e. The summed E-state index contributed by atoms with van der Waals surface area (Å²) in [5, 5.41) is 3.64. The van der Waals surface area contributed by atoms with Gasteiger partial charge < -0.3 is 10.1 Å². The number of hydrogen-bond acceptors (Lipinski definition) is 2. The van der Waals surface area contributed by atoms with Crippen LogP contribution in [0.3, 0.4) is 0 Å². The number of nitrogens with one attached hydrogen (secondary N) is 1. The van der Waals surface area contributed by atoms with E-state index in [4.69, 9.17) is 4.74 Å². The van der Waals surface area contributed by atoms with E-state index in [2.05, 4.69) is 39.9 Å². The largest absolute Gasteiger partial charge is 0.366 e. The smallest absolute Gasteiger partial charge is 0.0814 e. The van der Waals surface area contributed by atoms with Crippen LogP contribution in [0.2, 0.25) is 0 Å². The fourth-order valence-corrected chi connectivity index (χ4v) is 3.87. The first-order chi connectivity index (χ1) is 8.79. The van der Waals surface area contributed by atoms with Gasteiger partial charge in [0.1, 0.15) is 0 Å². The Bertz CT molecular complexity index is 309. The van der Waals surface area contributed by atoms with Gasteiger partial charge in [-0.05, 0) is 50.4 Å². The van der Waals surface area contributed by atoms with Crippen molar-refractivity contribution in [3.05, 3.63) is 0 Å². The third kappa shape index (κ3) is 3.52. The van der Waals surface area contributed by atoms with Crippen LogP contribution in [0.25, 0.3) is 0 Å². The summed E-state index contributed by atoms with van der Waals surface area (Å²) < 4.78 is 6.63. The van der Waals surface area contributed by atoms with Crippen LogP contribution in [-0.4, -0.2) is 24.3 Å². The molecule has 19 heavy (non-hydrogen) atoms. The summed E-state index contributed by atoms with van der Waals surface area (Å²) >= 11 is 0. The predicted molar refractivity (Wildman–Crippen MR) is 81.4 cm³/mol. The molecule has 1 spiro atoms. The molecule has 3 unspecified atom stereocenters. The summed E-state index contributed by atoms with van der Waals surface area (Å²) in [5.41, 5.74) is 0.602. The molecule has 0 aromatic heterocycles. The molecule has 1 heterocycles. The third-order valence-electron chi connectivity index (χ3n) is 5.52. The highest BCUT2D eigenvalue weighted by Crippen LogP contribution is 2.43. The quantitative estimate of drug-likeness (QED) is 0.771. The molecular formula is C17H33NO. The Hall–Kier alpha value is -0.0800. The van der Waals surface area contributed by atoms with Gasteiger partial charge in [0, 0.05) is 13.1 Å². The van der Waals surface area contributed by atoms with E-state index in [1.54, 1.807) is 0 Å². The molecule has 112 valence electrons. The van der Waals surface area contributed by atoms with Crippen molar-refractivity contribution < 1.29 is 4.74 Å². The van der Waals surface area contributed by atoms with E-state index in [1.807, 2.05) is 0 Å². The van der Waals surface area contributed by atoms with Gasteiger partial charge in [-0.25, -0.2) is 0 Å². The van der Waals surface area contributed by atoms with E-state index in [1.165, 1.54) is 32.1 Å². The van der Waals surface area contributed by atoms with Crippen molar-refractivity contribution in [3.63, 3.8) is 0 Å². The average molecular weight is 267 g/mol. The summed E-state index contributed by atoms with van der Waals surface area (Å²) in [7, 11) is 0. The molecule has 0 aromatic carbocycles. The van der Waals surface area contributed by atoms with Crippen LogP contribution in [0.1, 0.15) is 73.1 Å². The van der Waals surface area contributed by atoms with Crippen LogP contribution in [-0.2, 0) is 4.74 Å². The van der Waals surface area contributed by atoms with E-state index in [0.29, 0.717) is 5.41 Å². The summed E-state index contributed by atoms with van der Waals surface area (Å²) in [6.07, 6.45) is 7.59. The molecule has 0 bridgehead atoms. The Balaban J connectivity index is 2.05. The maximum Gasteiger partial charge on any atom is 0.0814 e. The lowest BCUT2D eigenvalue weighted by atomic mass is 9.76. The van der Waals surface area contributed by atoms with Gasteiger partial charge in [0.05, 0.1) is 11.2 Å². The summed E-state index contributed by atoms with van der Waals surface area (Å²) in [6, 6.07) is 0. The van der Waals surface area contributed by atoms with Crippen molar-refractivity contribution in [1.29, 1.82) is 0 Å². The van der Waals surface area contributed by atoms with Crippen molar-refractivity contribution in [2.75, 3.05) is 13.1 Å². The Morgan fingerprint density at radius 1 is 1.16 bits per heavy atom. The van der Waals surface area contributed by atoms with Gasteiger partial charge in [-0.3, -0.25) is 0 Å². The highest BCUT2D eigenvalue weighted by molar-refractivity contribution is 4.96. The minimum absolute atomic E-state index is 0.0415. The van der Waals surface area contributed by atoms with Crippen molar-refractivity contribution in [1.82, 2.24) is 5.32 Å². The zero-order valence-electron chi connectivity index (χ0n) is 13.6. The van der Waals surface area contributed by atoms with E-state index in [0.717, 1.165) is 25.4 Å². The molecule has 1 saturated carbocycles. The molecule has 2 fully saturated rings. The normalized spacial score (nSPS) is 41.2. The lowest BCUT2D eigenvalue weighted by Crippen LogP contribution is -2.58. The van der Waals surface area contributed by atoms with E-state index in [9.17, 15) is 0 Å². The van der Waals surface area contributed by atoms with Crippen LogP contribution < -0.4 is 5.32 Å². The van der Waals surface area contributed by atoms with Gasteiger partial charge >= 0.3 is 0 Å². The fraction of sp³-hybridized carbons (Fsp3) is 1.00. The van der Waals surface area contributed by atoms with Crippen molar-refractivity contribution >= 4 is 0 Å². The van der Waals surface area contributed by atoms with Gasteiger partial charge in [-0.15, -0.1) is 0 Å². The van der Waals surface area contributed by atoms with E-state index < -0.39 is 0 Å². The van der Waals surface area contributed by atoms with Crippen LogP contribution in [0.4, 0.5) is 0 Å². The lowest BCUT2D eigenvalue weighted by Gasteiger charge is -2.47. The molecule has 0 radical (unpaired) electrons. The molecule has 1 aliphatic heterocycles. The van der Waals surface area contributed by atoms with E-state index >= 15 is 0 Å². The van der Waals surface area contributed by atoms with Crippen molar-refractivity contribution in [2.45, 2.75) is 84.3 Å². The summed E-state index contributed by atoms with van der Waals surface area (Å²) in [4.78, 5) is 0. The van der Waals surface area contributed by atoms with Gasteiger partial charge in [-0.1, -0.05) is 34.1 Å². The highest BCUT2D eigenvalue weighted by atomic mass is 16.5. The first-order valence-electron chi connectivity index (χ1n) is 8.20. The third-order valence-corrected chi connectivity index (χ3v) is 5.52. The second-order valence-electron chi connectivity index (χ2n) is 8.19. The zero-order chi connectivity index (χ0) is 14.1. The summed E-state index contributed by atoms with van der Waals surface area (Å²) in [5.74, 6) is 0.852. The topological polar surface area (TPSA) is 21.3 Å². The Kier molecular flexibility index (Phi) is 4.32. The molecule has 2 aliphatic rings. The van der Waals surface area contributed by atoms with Gasteiger partial charge in [0.25, 0.3) is 0 Å². The van der Waals surface area contributed by atoms with Gasteiger partial charge in [0.2, 0.25) is 0 Å². The maximum absolute atomic E-state index is 6.63. The summed E-state index contributed by atoms with van der Waals surface area (Å²) in [6.45, 7) is 13.8. The van der Waals surface area contributed by atoms with Crippen LogP contribution >= 0.6 is 0 Å².